The summed E-state index contributed by atoms with van der Waals surface area (Å²) in [6, 6.07) is 0.514. The van der Waals surface area contributed by atoms with E-state index in [9.17, 15) is 4.79 Å². The Labute approximate surface area is 104 Å². The van der Waals surface area contributed by atoms with Crippen molar-refractivity contribution in [3.63, 3.8) is 0 Å². The lowest BCUT2D eigenvalue weighted by atomic mass is 10.2. The Morgan fingerprint density at radius 3 is 2.76 bits per heavy atom. The van der Waals surface area contributed by atoms with Gasteiger partial charge < -0.3 is 15.0 Å². The molecule has 4 nitrogen and oxygen atoms in total. The van der Waals surface area contributed by atoms with Crippen molar-refractivity contribution in [1.29, 1.82) is 0 Å². The van der Waals surface area contributed by atoms with Crippen molar-refractivity contribution < 1.29 is 9.53 Å². The first kappa shape index (κ1) is 12.8. The first-order valence-corrected chi connectivity index (χ1v) is 6.79. The average molecular weight is 240 g/mol. The quantitative estimate of drug-likeness (QED) is 0.722. The number of ether oxygens (including phenoxy) is 1. The molecule has 1 saturated heterocycles. The maximum absolute atomic E-state index is 12.1. The minimum Gasteiger partial charge on any atom is -0.384 e. The van der Waals surface area contributed by atoms with Gasteiger partial charge in [-0.1, -0.05) is 0 Å². The lowest BCUT2D eigenvalue weighted by Gasteiger charge is -2.26. The molecule has 1 unspecified atom stereocenters. The minimum absolute atomic E-state index is 0.257. The molecule has 17 heavy (non-hydrogen) atoms. The van der Waals surface area contributed by atoms with E-state index in [0.717, 1.165) is 25.6 Å². The molecule has 4 heteroatoms. The van der Waals surface area contributed by atoms with Gasteiger partial charge in [-0.3, -0.25) is 4.79 Å². The third-order valence-corrected chi connectivity index (χ3v) is 3.65. The van der Waals surface area contributed by atoms with Crippen LogP contribution in [-0.4, -0.2) is 50.2 Å². The predicted molar refractivity (Wildman–Crippen MR) is 66.8 cm³/mol. The van der Waals surface area contributed by atoms with Gasteiger partial charge in [0.05, 0.1) is 13.0 Å². The van der Waals surface area contributed by atoms with E-state index in [1.807, 2.05) is 0 Å². The third-order valence-electron chi connectivity index (χ3n) is 3.65. The molecule has 1 atom stereocenters. The normalized spacial score (nSPS) is 23.9. The maximum atomic E-state index is 12.1. The van der Waals surface area contributed by atoms with Crippen LogP contribution in [0.4, 0.5) is 0 Å². The molecule has 1 aliphatic carbocycles. The summed E-state index contributed by atoms with van der Waals surface area (Å²) in [5, 5.41) is 3.47. The van der Waals surface area contributed by atoms with E-state index in [1.54, 1.807) is 7.11 Å². The topological polar surface area (TPSA) is 41.6 Å². The monoisotopic (exact) mass is 240 g/mol. The fourth-order valence-corrected chi connectivity index (χ4v) is 2.42. The van der Waals surface area contributed by atoms with Gasteiger partial charge in [-0.15, -0.1) is 0 Å². The van der Waals surface area contributed by atoms with Crippen LogP contribution in [0.5, 0.6) is 0 Å². The summed E-state index contributed by atoms with van der Waals surface area (Å²) in [7, 11) is 1.65. The summed E-state index contributed by atoms with van der Waals surface area (Å²) >= 11 is 0. The number of hydrogen-bond acceptors (Lipinski definition) is 3. The number of nitrogens with zero attached hydrogens (tertiary/aromatic N) is 1. The van der Waals surface area contributed by atoms with Gasteiger partial charge in [0.15, 0.2) is 0 Å². The fraction of sp³-hybridized carbons (Fsp3) is 0.923. The van der Waals surface area contributed by atoms with Crippen LogP contribution in [-0.2, 0) is 9.53 Å². The zero-order chi connectivity index (χ0) is 12.1. The number of amides is 1. The molecule has 0 bridgehead atoms. The first-order chi connectivity index (χ1) is 8.29. The summed E-state index contributed by atoms with van der Waals surface area (Å²) in [4.78, 5) is 14.1. The van der Waals surface area contributed by atoms with Crippen LogP contribution in [0.15, 0.2) is 0 Å². The molecule has 0 aromatic rings. The molecule has 98 valence electrons. The Hall–Kier alpha value is -0.610. The van der Waals surface area contributed by atoms with E-state index in [1.165, 1.54) is 25.7 Å². The van der Waals surface area contributed by atoms with Crippen molar-refractivity contribution in [2.75, 3.05) is 33.4 Å². The van der Waals surface area contributed by atoms with Crippen LogP contribution in [0.1, 0.15) is 32.1 Å². The molecule has 0 aromatic heterocycles. The molecule has 1 amide bonds. The van der Waals surface area contributed by atoms with Gasteiger partial charge in [0.2, 0.25) is 5.91 Å². The fourth-order valence-electron chi connectivity index (χ4n) is 2.42. The van der Waals surface area contributed by atoms with Crippen molar-refractivity contribution in [2.24, 2.45) is 5.92 Å². The summed E-state index contributed by atoms with van der Waals surface area (Å²) < 4.78 is 4.99. The molecule has 0 radical (unpaired) electrons. The van der Waals surface area contributed by atoms with Gasteiger partial charge >= 0.3 is 0 Å². The standard InChI is InChI=1S/C13H24N2O2/c1-17-8-6-13(16)15(9-11-4-5-11)10-12-3-2-7-14-12/h11-12,14H,2-10H2,1H3. The third kappa shape index (κ3) is 4.28. The maximum Gasteiger partial charge on any atom is 0.224 e. The highest BCUT2D eigenvalue weighted by atomic mass is 16.5. The number of nitrogens with one attached hydrogen (secondary N) is 1. The molecule has 1 heterocycles. The Morgan fingerprint density at radius 2 is 2.18 bits per heavy atom. The zero-order valence-electron chi connectivity index (χ0n) is 10.8. The van der Waals surface area contributed by atoms with Gasteiger partial charge in [0.25, 0.3) is 0 Å². The van der Waals surface area contributed by atoms with Crippen LogP contribution < -0.4 is 5.32 Å². The summed E-state index contributed by atoms with van der Waals surface area (Å²) in [6.45, 7) is 3.49. The molecule has 1 saturated carbocycles. The Bertz CT molecular complexity index is 248. The van der Waals surface area contributed by atoms with Crippen molar-refractivity contribution >= 4 is 5.91 Å². The van der Waals surface area contributed by atoms with Crippen molar-refractivity contribution in [2.45, 2.75) is 38.1 Å². The molecule has 0 aromatic carbocycles. The van der Waals surface area contributed by atoms with E-state index < -0.39 is 0 Å². The Balaban J connectivity index is 1.79. The van der Waals surface area contributed by atoms with Gasteiger partial charge in [-0.2, -0.15) is 0 Å². The number of carbonyl (C=O) groups excluding carboxylic acids is 1. The number of methoxy groups -OCH3 is 1. The average Bonchev–Trinajstić information content (AvgIpc) is 2.99. The smallest absolute Gasteiger partial charge is 0.224 e. The second kappa shape index (κ2) is 6.36. The zero-order valence-corrected chi connectivity index (χ0v) is 10.8. The van der Waals surface area contributed by atoms with Crippen LogP contribution in [0.25, 0.3) is 0 Å². The summed E-state index contributed by atoms with van der Waals surface area (Å²) in [5.41, 5.74) is 0. The highest BCUT2D eigenvalue weighted by Crippen LogP contribution is 2.30. The van der Waals surface area contributed by atoms with Crippen LogP contribution >= 0.6 is 0 Å². The largest absolute Gasteiger partial charge is 0.384 e. The Morgan fingerprint density at radius 1 is 1.35 bits per heavy atom. The molecule has 1 aliphatic heterocycles. The highest BCUT2D eigenvalue weighted by Gasteiger charge is 2.28. The molecule has 0 spiro atoms. The lowest BCUT2D eigenvalue weighted by Crippen LogP contribution is -2.42. The van der Waals surface area contributed by atoms with Gasteiger partial charge in [-0.05, 0) is 38.1 Å². The summed E-state index contributed by atoms with van der Waals surface area (Å²) in [6.07, 6.45) is 5.57. The van der Waals surface area contributed by atoms with Crippen LogP contribution in [0, 0.1) is 5.92 Å². The second-order valence-corrected chi connectivity index (χ2v) is 5.28. The Kier molecular flexibility index (Phi) is 4.80. The first-order valence-electron chi connectivity index (χ1n) is 6.79. The molecular formula is C13H24N2O2. The van der Waals surface area contributed by atoms with Gasteiger partial charge in [0, 0.05) is 26.2 Å². The van der Waals surface area contributed by atoms with E-state index >= 15 is 0 Å². The molecule has 2 aliphatic rings. The number of hydrogen-bond donors (Lipinski definition) is 1. The van der Waals surface area contributed by atoms with Gasteiger partial charge in [0.1, 0.15) is 0 Å². The molecule has 2 rings (SSSR count). The lowest BCUT2D eigenvalue weighted by molar-refractivity contribution is -0.132. The second-order valence-electron chi connectivity index (χ2n) is 5.28. The SMILES string of the molecule is COCCC(=O)N(CC1CC1)CC1CCCN1. The summed E-state index contributed by atoms with van der Waals surface area (Å²) in [5.74, 6) is 1.02. The van der Waals surface area contributed by atoms with Gasteiger partial charge in [-0.25, -0.2) is 0 Å². The molecular weight excluding hydrogens is 216 g/mol. The van der Waals surface area contributed by atoms with Crippen molar-refractivity contribution in [3.8, 4) is 0 Å². The van der Waals surface area contributed by atoms with Crippen molar-refractivity contribution in [1.82, 2.24) is 10.2 Å². The van der Waals surface area contributed by atoms with Crippen LogP contribution in [0.3, 0.4) is 0 Å². The molecule has 2 fully saturated rings. The van der Waals surface area contributed by atoms with E-state index in [2.05, 4.69) is 10.2 Å². The number of carbonyl (C=O) groups is 1. The van der Waals surface area contributed by atoms with E-state index in [0.29, 0.717) is 19.1 Å². The molecule has 1 N–H and O–H groups in total. The van der Waals surface area contributed by atoms with Crippen LogP contribution in [0.2, 0.25) is 0 Å². The highest BCUT2D eigenvalue weighted by molar-refractivity contribution is 5.76. The minimum atomic E-state index is 0.257. The predicted octanol–water partition coefficient (Wildman–Crippen LogP) is 1.01. The number of rotatable bonds is 7. The van der Waals surface area contributed by atoms with E-state index in [-0.39, 0.29) is 5.91 Å². The van der Waals surface area contributed by atoms with E-state index in [4.69, 9.17) is 4.74 Å². The van der Waals surface area contributed by atoms with Crippen molar-refractivity contribution in [3.05, 3.63) is 0 Å².